The highest BCUT2D eigenvalue weighted by atomic mass is 16.6. The fourth-order valence-electron chi connectivity index (χ4n) is 3.49. The molecule has 1 amide bonds. The lowest BCUT2D eigenvalue weighted by molar-refractivity contribution is -0.0541. The molecule has 1 N–H and O–H groups in total. The normalized spacial score (nSPS) is 20.6. The van der Waals surface area contributed by atoms with Crippen molar-refractivity contribution in [2.24, 2.45) is 0 Å². The number of carbonyl (C=O) groups is 1. The first-order valence-corrected chi connectivity index (χ1v) is 9.72. The molecule has 0 unspecified atom stereocenters. The monoisotopic (exact) mass is 360 g/mol. The number of carbonyl (C=O) groups excluding carboxylic acids is 1. The van der Waals surface area contributed by atoms with E-state index >= 15 is 0 Å². The third kappa shape index (κ3) is 5.45. The Labute approximate surface area is 156 Å². The van der Waals surface area contributed by atoms with Gasteiger partial charge in [-0.25, -0.2) is 4.79 Å². The van der Waals surface area contributed by atoms with Gasteiger partial charge in [0, 0.05) is 25.7 Å². The van der Waals surface area contributed by atoms with Gasteiger partial charge in [0.1, 0.15) is 5.60 Å². The van der Waals surface area contributed by atoms with Gasteiger partial charge >= 0.3 is 6.09 Å². The zero-order valence-corrected chi connectivity index (χ0v) is 16.3. The molecule has 1 aliphatic carbocycles. The molecule has 0 spiro atoms. The molecule has 1 saturated carbocycles. The van der Waals surface area contributed by atoms with Crippen LogP contribution in [0.5, 0.6) is 0 Å². The Kier molecular flexibility index (Phi) is 5.58. The van der Waals surface area contributed by atoms with Gasteiger partial charge in [-0.2, -0.15) is 0 Å². The van der Waals surface area contributed by atoms with E-state index < -0.39 is 11.2 Å². The van der Waals surface area contributed by atoms with E-state index in [0.29, 0.717) is 19.4 Å². The van der Waals surface area contributed by atoms with Crippen LogP contribution in [-0.2, 0) is 11.3 Å². The van der Waals surface area contributed by atoms with E-state index in [0.717, 1.165) is 32.5 Å². The highest BCUT2D eigenvalue weighted by molar-refractivity contribution is 5.69. The molecule has 1 aliphatic heterocycles. The van der Waals surface area contributed by atoms with E-state index in [1.807, 2.05) is 26.8 Å². The van der Waals surface area contributed by atoms with Gasteiger partial charge in [0.25, 0.3) is 0 Å². The number of ether oxygens (including phenoxy) is 1. The Bertz CT molecular complexity index is 599. The standard InChI is InChI=1S/C21H32N2O3/c1-20(2,3)26-19(24)23(18-9-10-18)16-21(25)11-13-22(14-12-21)15-17-7-5-4-6-8-17/h4-8,18,25H,9-16H2,1-3H3. The summed E-state index contributed by atoms with van der Waals surface area (Å²) in [5.74, 6) is 0. The second kappa shape index (κ2) is 7.57. The van der Waals surface area contributed by atoms with Crippen LogP contribution in [0.1, 0.15) is 52.0 Å². The summed E-state index contributed by atoms with van der Waals surface area (Å²) in [5.41, 5.74) is -0.0234. The quantitative estimate of drug-likeness (QED) is 0.874. The average molecular weight is 360 g/mol. The van der Waals surface area contributed by atoms with E-state index in [-0.39, 0.29) is 12.1 Å². The van der Waals surface area contributed by atoms with Gasteiger partial charge in [-0.3, -0.25) is 4.90 Å². The highest BCUT2D eigenvalue weighted by Gasteiger charge is 2.42. The Balaban J connectivity index is 1.54. The van der Waals surface area contributed by atoms with E-state index in [1.54, 1.807) is 4.90 Å². The molecule has 0 aromatic heterocycles. The number of aliphatic hydroxyl groups is 1. The maximum atomic E-state index is 12.5. The van der Waals surface area contributed by atoms with Gasteiger partial charge in [-0.15, -0.1) is 0 Å². The molecule has 0 atom stereocenters. The lowest BCUT2D eigenvalue weighted by atomic mass is 9.90. The van der Waals surface area contributed by atoms with Crippen molar-refractivity contribution in [3.8, 4) is 0 Å². The third-order valence-electron chi connectivity index (χ3n) is 5.12. The lowest BCUT2D eigenvalue weighted by Crippen LogP contribution is -2.53. The van der Waals surface area contributed by atoms with Crippen molar-refractivity contribution in [2.45, 2.75) is 70.2 Å². The first-order chi connectivity index (χ1) is 12.2. The highest BCUT2D eigenvalue weighted by Crippen LogP contribution is 2.32. The Hall–Kier alpha value is -1.59. The fraction of sp³-hybridized carbons (Fsp3) is 0.667. The molecule has 1 heterocycles. The summed E-state index contributed by atoms with van der Waals surface area (Å²) >= 11 is 0. The second-order valence-corrected chi connectivity index (χ2v) is 8.83. The van der Waals surface area contributed by atoms with Crippen molar-refractivity contribution in [1.82, 2.24) is 9.80 Å². The van der Waals surface area contributed by atoms with E-state index in [9.17, 15) is 9.90 Å². The smallest absolute Gasteiger partial charge is 0.410 e. The van der Waals surface area contributed by atoms with Crippen molar-refractivity contribution in [1.29, 1.82) is 0 Å². The zero-order valence-electron chi connectivity index (χ0n) is 16.3. The Morgan fingerprint density at radius 1 is 1.23 bits per heavy atom. The second-order valence-electron chi connectivity index (χ2n) is 8.83. The van der Waals surface area contributed by atoms with Gasteiger partial charge in [0.05, 0.1) is 12.1 Å². The van der Waals surface area contributed by atoms with Crippen LogP contribution in [-0.4, -0.2) is 57.9 Å². The predicted molar refractivity (Wildman–Crippen MR) is 102 cm³/mol. The van der Waals surface area contributed by atoms with E-state index in [2.05, 4.69) is 29.2 Å². The van der Waals surface area contributed by atoms with Crippen molar-refractivity contribution in [3.05, 3.63) is 35.9 Å². The summed E-state index contributed by atoms with van der Waals surface area (Å²) < 4.78 is 5.55. The van der Waals surface area contributed by atoms with Gasteiger partial charge in [0.15, 0.2) is 0 Å². The van der Waals surface area contributed by atoms with Crippen LogP contribution >= 0.6 is 0 Å². The predicted octanol–water partition coefficient (Wildman–Crippen LogP) is 3.41. The minimum atomic E-state index is -0.813. The van der Waals surface area contributed by atoms with Crippen molar-refractivity contribution < 1.29 is 14.6 Å². The molecule has 2 fully saturated rings. The molecule has 1 aromatic carbocycles. The van der Waals surface area contributed by atoms with Crippen molar-refractivity contribution >= 4 is 6.09 Å². The fourth-order valence-corrected chi connectivity index (χ4v) is 3.49. The summed E-state index contributed by atoms with van der Waals surface area (Å²) in [4.78, 5) is 16.7. The Morgan fingerprint density at radius 3 is 2.38 bits per heavy atom. The molecular weight excluding hydrogens is 328 g/mol. The van der Waals surface area contributed by atoms with Crippen LogP contribution in [0.2, 0.25) is 0 Å². The largest absolute Gasteiger partial charge is 0.444 e. The molecule has 0 bridgehead atoms. The molecule has 5 nitrogen and oxygen atoms in total. The number of hydrogen-bond acceptors (Lipinski definition) is 4. The minimum absolute atomic E-state index is 0.233. The summed E-state index contributed by atoms with van der Waals surface area (Å²) in [6.07, 6.45) is 3.10. The maximum absolute atomic E-state index is 12.5. The first kappa shape index (κ1) is 19.2. The number of piperidine rings is 1. The number of rotatable bonds is 5. The molecule has 1 aromatic rings. The van der Waals surface area contributed by atoms with Crippen LogP contribution in [0.3, 0.4) is 0 Å². The number of amides is 1. The summed E-state index contributed by atoms with van der Waals surface area (Å²) in [6.45, 7) is 8.63. The molecule has 2 aliphatic rings. The number of benzene rings is 1. The first-order valence-electron chi connectivity index (χ1n) is 9.72. The molecule has 0 radical (unpaired) electrons. The van der Waals surface area contributed by atoms with Crippen LogP contribution in [0.25, 0.3) is 0 Å². The molecule has 5 heteroatoms. The van der Waals surface area contributed by atoms with Crippen LogP contribution in [0.15, 0.2) is 30.3 Å². The molecule has 144 valence electrons. The van der Waals surface area contributed by atoms with E-state index in [4.69, 9.17) is 4.74 Å². The Morgan fingerprint density at radius 2 is 1.85 bits per heavy atom. The van der Waals surface area contributed by atoms with Gasteiger partial charge in [0.2, 0.25) is 0 Å². The van der Waals surface area contributed by atoms with Crippen LogP contribution in [0.4, 0.5) is 4.79 Å². The molecule has 3 rings (SSSR count). The topological polar surface area (TPSA) is 53.0 Å². The maximum Gasteiger partial charge on any atom is 0.410 e. The van der Waals surface area contributed by atoms with Crippen molar-refractivity contribution in [3.63, 3.8) is 0 Å². The lowest BCUT2D eigenvalue weighted by Gasteiger charge is -2.41. The van der Waals surface area contributed by atoms with Crippen molar-refractivity contribution in [2.75, 3.05) is 19.6 Å². The molecular formula is C21H32N2O3. The van der Waals surface area contributed by atoms with E-state index in [1.165, 1.54) is 5.56 Å². The van der Waals surface area contributed by atoms with Crippen LogP contribution < -0.4 is 0 Å². The minimum Gasteiger partial charge on any atom is -0.444 e. The zero-order chi connectivity index (χ0) is 18.8. The van der Waals surface area contributed by atoms with Gasteiger partial charge in [-0.1, -0.05) is 30.3 Å². The SMILES string of the molecule is CC(C)(C)OC(=O)N(CC1(O)CCN(Cc2ccccc2)CC1)C1CC1. The number of nitrogens with zero attached hydrogens (tertiary/aromatic N) is 2. The summed E-state index contributed by atoms with van der Waals surface area (Å²) in [7, 11) is 0. The average Bonchev–Trinajstić information content (AvgIpc) is 3.39. The van der Waals surface area contributed by atoms with Crippen LogP contribution in [0, 0.1) is 0 Å². The molecule has 26 heavy (non-hydrogen) atoms. The molecule has 1 saturated heterocycles. The summed E-state index contributed by atoms with van der Waals surface area (Å²) in [6, 6.07) is 10.7. The number of likely N-dealkylation sites (tertiary alicyclic amines) is 1. The third-order valence-corrected chi connectivity index (χ3v) is 5.12. The summed E-state index contributed by atoms with van der Waals surface area (Å²) in [5, 5.41) is 11.1. The number of hydrogen-bond donors (Lipinski definition) is 1. The van der Waals surface area contributed by atoms with Gasteiger partial charge < -0.3 is 14.7 Å². The van der Waals surface area contributed by atoms with Gasteiger partial charge in [-0.05, 0) is 52.0 Å².